The molecular formula is C25H27N5O2. The number of carbonyl (C=O) groups is 2. The number of hydrogen-bond acceptors (Lipinski definition) is 5. The number of amides is 2. The molecule has 4 rings (SSSR count). The van der Waals surface area contributed by atoms with Crippen molar-refractivity contribution < 1.29 is 9.59 Å². The van der Waals surface area contributed by atoms with E-state index in [0.29, 0.717) is 29.9 Å². The molecule has 1 saturated heterocycles. The first kappa shape index (κ1) is 21.5. The summed E-state index contributed by atoms with van der Waals surface area (Å²) >= 11 is 0. The third-order valence-electron chi connectivity index (χ3n) is 5.75. The van der Waals surface area contributed by atoms with Crippen LogP contribution in [0.1, 0.15) is 20.7 Å². The van der Waals surface area contributed by atoms with E-state index in [2.05, 4.69) is 39.0 Å². The van der Waals surface area contributed by atoms with Gasteiger partial charge in [-0.2, -0.15) is 0 Å². The van der Waals surface area contributed by atoms with Crippen molar-refractivity contribution in [1.29, 1.82) is 0 Å². The van der Waals surface area contributed by atoms with Gasteiger partial charge in [0.1, 0.15) is 0 Å². The summed E-state index contributed by atoms with van der Waals surface area (Å²) in [5, 5.41) is 0. The molecule has 2 heterocycles. The highest BCUT2D eigenvalue weighted by Gasteiger charge is 2.24. The SMILES string of the molecule is NC(=O)c1ccccc1N(CCN1CCN(c2ccccc2)CC1)C(=O)c1cccnc1. The van der Waals surface area contributed by atoms with E-state index in [-0.39, 0.29) is 5.91 Å². The molecule has 1 aromatic heterocycles. The number of rotatable bonds is 7. The van der Waals surface area contributed by atoms with Gasteiger partial charge >= 0.3 is 0 Å². The van der Waals surface area contributed by atoms with E-state index in [1.165, 1.54) is 5.69 Å². The van der Waals surface area contributed by atoms with Crippen molar-refractivity contribution in [2.45, 2.75) is 0 Å². The Kier molecular flexibility index (Phi) is 6.77. The molecule has 164 valence electrons. The van der Waals surface area contributed by atoms with Crippen LogP contribution in [0.2, 0.25) is 0 Å². The number of primary amides is 1. The molecule has 1 aliphatic rings. The summed E-state index contributed by atoms with van der Waals surface area (Å²) in [6.07, 6.45) is 3.17. The van der Waals surface area contributed by atoms with Crippen LogP contribution in [0, 0.1) is 0 Å². The van der Waals surface area contributed by atoms with Gasteiger partial charge in [0.15, 0.2) is 0 Å². The first-order chi connectivity index (χ1) is 15.6. The molecular weight excluding hydrogens is 402 g/mol. The lowest BCUT2D eigenvalue weighted by molar-refractivity contribution is 0.0982. The van der Waals surface area contributed by atoms with Gasteiger partial charge in [-0.15, -0.1) is 0 Å². The molecule has 3 aromatic rings. The normalized spacial score (nSPS) is 14.2. The molecule has 0 spiro atoms. The Morgan fingerprint density at radius 3 is 2.31 bits per heavy atom. The van der Waals surface area contributed by atoms with Crippen molar-refractivity contribution in [1.82, 2.24) is 9.88 Å². The van der Waals surface area contributed by atoms with Gasteiger partial charge in [-0.25, -0.2) is 0 Å². The molecule has 0 radical (unpaired) electrons. The quantitative estimate of drug-likeness (QED) is 0.624. The summed E-state index contributed by atoms with van der Waals surface area (Å²) in [5.74, 6) is -0.754. The fourth-order valence-electron chi connectivity index (χ4n) is 4.00. The summed E-state index contributed by atoms with van der Waals surface area (Å²) in [6, 6.07) is 20.8. The topological polar surface area (TPSA) is 82.8 Å². The molecule has 7 heteroatoms. The molecule has 2 amide bonds. The molecule has 0 saturated carbocycles. The van der Waals surface area contributed by atoms with Gasteiger partial charge in [0.05, 0.1) is 16.8 Å². The number of para-hydroxylation sites is 2. The van der Waals surface area contributed by atoms with E-state index >= 15 is 0 Å². The summed E-state index contributed by atoms with van der Waals surface area (Å²) in [7, 11) is 0. The van der Waals surface area contributed by atoms with Crippen molar-refractivity contribution in [3.05, 3.63) is 90.3 Å². The first-order valence-corrected chi connectivity index (χ1v) is 10.8. The first-order valence-electron chi connectivity index (χ1n) is 10.8. The Bertz CT molecular complexity index is 1050. The minimum atomic E-state index is -0.555. The van der Waals surface area contributed by atoms with Gasteiger partial charge in [-0.05, 0) is 36.4 Å². The number of carbonyl (C=O) groups excluding carboxylic acids is 2. The number of nitrogens with zero attached hydrogens (tertiary/aromatic N) is 4. The van der Waals surface area contributed by atoms with Crippen LogP contribution >= 0.6 is 0 Å². The number of piperazine rings is 1. The smallest absolute Gasteiger partial charge is 0.259 e. The summed E-state index contributed by atoms with van der Waals surface area (Å²) in [5.41, 5.74) is 8.16. The molecule has 32 heavy (non-hydrogen) atoms. The highest BCUT2D eigenvalue weighted by atomic mass is 16.2. The molecule has 0 atom stereocenters. The standard InChI is InChI=1S/C25H27N5O2/c26-24(31)22-10-4-5-11-23(22)30(25(32)20-7-6-12-27-19-20)18-15-28-13-16-29(17-14-28)21-8-2-1-3-9-21/h1-12,19H,13-18H2,(H2,26,31). The molecule has 1 fully saturated rings. The lowest BCUT2D eigenvalue weighted by Crippen LogP contribution is -2.49. The zero-order chi connectivity index (χ0) is 22.3. The zero-order valence-electron chi connectivity index (χ0n) is 17.9. The number of anilines is 2. The van der Waals surface area contributed by atoms with Crippen molar-refractivity contribution in [3.63, 3.8) is 0 Å². The Hall–Kier alpha value is -3.71. The highest BCUT2D eigenvalue weighted by molar-refractivity contribution is 6.10. The van der Waals surface area contributed by atoms with Crippen LogP contribution in [0.25, 0.3) is 0 Å². The van der Waals surface area contributed by atoms with Crippen LogP contribution in [0.5, 0.6) is 0 Å². The van der Waals surface area contributed by atoms with Gasteiger partial charge in [0.25, 0.3) is 11.8 Å². The van der Waals surface area contributed by atoms with E-state index in [9.17, 15) is 9.59 Å². The number of hydrogen-bond donors (Lipinski definition) is 1. The van der Waals surface area contributed by atoms with Crippen LogP contribution in [0.15, 0.2) is 79.1 Å². The lowest BCUT2D eigenvalue weighted by atomic mass is 10.1. The fraction of sp³-hybridized carbons (Fsp3) is 0.240. The third kappa shape index (κ3) is 4.95. The minimum Gasteiger partial charge on any atom is -0.369 e. The van der Waals surface area contributed by atoms with Crippen molar-refractivity contribution in [2.24, 2.45) is 5.73 Å². The minimum absolute atomic E-state index is 0.199. The highest BCUT2D eigenvalue weighted by Crippen LogP contribution is 2.23. The van der Waals surface area contributed by atoms with Gasteiger partial charge in [-0.3, -0.25) is 19.5 Å². The van der Waals surface area contributed by atoms with Gasteiger partial charge in [-0.1, -0.05) is 30.3 Å². The maximum absolute atomic E-state index is 13.3. The van der Waals surface area contributed by atoms with Gasteiger partial charge < -0.3 is 15.5 Å². The monoisotopic (exact) mass is 429 g/mol. The zero-order valence-corrected chi connectivity index (χ0v) is 17.9. The summed E-state index contributed by atoms with van der Waals surface area (Å²) in [4.78, 5) is 35.8. The predicted molar refractivity (Wildman–Crippen MR) is 126 cm³/mol. The molecule has 0 unspecified atom stereocenters. The second-order valence-electron chi connectivity index (χ2n) is 7.74. The van der Waals surface area contributed by atoms with Crippen LogP contribution in [-0.2, 0) is 0 Å². The second kappa shape index (κ2) is 10.1. The van der Waals surface area contributed by atoms with Crippen LogP contribution < -0.4 is 15.5 Å². The van der Waals surface area contributed by atoms with Crippen molar-refractivity contribution in [2.75, 3.05) is 49.1 Å². The van der Waals surface area contributed by atoms with E-state index in [0.717, 1.165) is 26.2 Å². The summed E-state index contributed by atoms with van der Waals surface area (Å²) in [6.45, 7) is 4.81. The summed E-state index contributed by atoms with van der Waals surface area (Å²) < 4.78 is 0. The average Bonchev–Trinajstić information content (AvgIpc) is 2.85. The Labute approximate surface area is 188 Å². The Morgan fingerprint density at radius 1 is 0.906 bits per heavy atom. The van der Waals surface area contributed by atoms with Gasteiger partial charge in [0, 0.05) is 57.3 Å². The maximum Gasteiger partial charge on any atom is 0.259 e. The maximum atomic E-state index is 13.3. The number of aromatic nitrogens is 1. The third-order valence-corrected chi connectivity index (χ3v) is 5.75. The number of benzene rings is 2. The van der Waals surface area contributed by atoms with Crippen molar-refractivity contribution >= 4 is 23.2 Å². The van der Waals surface area contributed by atoms with E-state index < -0.39 is 5.91 Å². The molecule has 2 aromatic carbocycles. The molecule has 2 N–H and O–H groups in total. The number of pyridine rings is 1. The van der Waals surface area contributed by atoms with Crippen molar-refractivity contribution in [3.8, 4) is 0 Å². The Balaban J connectivity index is 1.48. The van der Waals surface area contributed by atoms with E-state index in [1.807, 2.05) is 12.1 Å². The predicted octanol–water partition coefficient (Wildman–Crippen LogP) is 2.65. The largest absolute Gasteiger partial charge is 0.369 e. The van der Waals surface area contributed by atoms with E-state index in [4.69, 9.17) is 5.73 Å². The molecule has 0 aliphatic carbocycles. The second-order valence-corrected chi connectivity index (χ2v) is 7.74. The van der Waals surface area contributed by atoms with Gasteiger partial charge in [0.2, 0.25) is 0 Å². The fourth-order valence-corrected chi connectivity index (χ4v) is 4.00. The molecule has 7 nitrogen and oxygen atoms in total. The van der Waals surface area contributed by atoms with Crippen LogP contribution in [-0.4, -0.2) is 61.0 Å². The van der Waals surface area contributed by atoms with Crippen LogP contribution in [0.4, 0.5) is 11.4 Å². The molecule has 0 bridgehead atoms. The average molecular weight is 430 g/mol. The van der Waals surface area contributed by atoms with Crippen LogP contribution in [0.3, 0.4) is 0 Å². The number of nitrogens with two attached hydrogens (primary N) is 1. The Morgan fingerprint density at radius 2 is 1.62 bits per heavy atom. The lowest BCUT2D eigenvalue weighted by Gasteiger charge is -2.37. The van der Waals surface area contributed by atoms with E-state index in [1.54, 1.807) is 47.6 Å². The molecule has 1 aliphatic heterocycles.